The van der Waals surface area contributed by atoms with Crippen LogP contribution < -0.4 is 10.9 Å². The third kappa shape index (κ3) is 3.73. The molecular formula is C26H22F3N3O2. The molecule has 174 valence electrons. The van der Waals surface area contributed by atoms with Gasteiger partial charge >= 0.3 is 6.18 Å². The Kier molecular flexibility index (Phi) is 5.38. The van der Waals surface area contributed by atoms with Gasteiger partial charge in [0.1, 0.15) is 11.1 Å². The molecule has 4 aromatic rings. The number of nitrogens with one attached hydrogen (secondary N) is 2. The summed E-state index contributed by atoms with van der Waals surface area (Å²) in [7, 11) is 0. The van der Waals surface area contributed by atoms with Crippen LogP contribution in [-0.4, -0.2) is 21.9 Å². The van der Waals surface area contributed by atoms with E-state index in [4.69, 9.17) is 0 Å². The van der Waals surface area contributed by atoms with Gasteiger partial charge in [0.2, 0.25) is 0 Å². The minimum atomic E-state index is -4.52. The largest absolute Gasteiger partial charge is 0.401 e. The number of pyridine rings is 2. The fourth-order valence-electron chi connectivity index (χ4n) is 4.92. The van der Waals surface area contributed by atoms with Crippen LogP contribution in [0.2, 0.25) is 0 Å². The maximum Gasteiger partial charge on any atom is 0.401 e. The van der Waals surface area contributed by atoms with Crippen molar-refractivity contribution in [2.24, 2.45) is 5.41 Å². The summed E-state index contributed by atoms with van der Waals surface area (Å²) >= 11 is 0. The van der Waals surface area contributed by atoms with Gasteiger partial charge in [-0.1, -0.05) is 43.2 Å². The standard InChI is InChI=1S/C26H22F3N3O2/c27-26(28,29)25(12-3-4-13-25)21(33)15-16-7-9-17(10-8-16)31-20-11-14-30-23-22(20)18-5-1-2-6-19(18)24(34)32-23/h1-2,5-11,14H,3-4,12-13,15H2,(H2,30,31,32,34). The molecule has 0 saturated heterocycles. The Morgan fingerprint density at radius 3 is 2.35 bits per heavy atom. The Morgan fingerprint density at radius 2 is 1.68 bits per heavy atom. The average molecular weight is 465 g/mol. The molecule has 8 heteroatoms. The van der Waals surface area contributed by atoms with Gasteiger partial charge in [-0.3, -0.25) is 9.59 Å². The monoisotopic (exact) mass is 465 g/mol. The number of ketones is 1. The quantitative estimate of drug-likeness (QED) is 0.352. The molecule has 0 unspecified atom stereocenters. The molecule has 0 bridgehead atoms. The van der Waals surface area contributed by atoms with Crippen molar-refractivity contribution in [2.45, 2.75) is 38.3 Å². The molecule has 2 N–H and O–H groups in total. The van der Waals surface area contributed by atoms with Crippen LogP contribution in [0.3, 0.4) is 0 Å². The number of alkyl halides is 3. The van der Waals surface area contributed by atoms with Crippen LogP contribution in [0.4, 0.5) is 24.5 Å². The third-order valence-corrected chi connectivity index (χ3v) is 6.76. The molecular weight excluding hydrogens is 443 g/mol. The lowest BCUT2D eigenvalue weighted by molar-refractivity contribution is -0.218. The second-order valence-electron chi connectivity index (χ2n) is 8.79. The van der Waals surface area contributed by atoms with Gasteiger partial charge in [-0.2, -0.15) is 13.2 Å². The molecule has 34 heavy (non-hydrogen) atoms. The maximum atomic E-state index is 13.7. The number of carbonyl (C=O) groups is 1. The van der Waals surface area contributed by atoms with E-state index in [1.165, 1.54) is 0 Å². The minimum absolute atomic E-state index is 0.125. The highest BCUT2D eigenvalue weighted by Gasteiger charge is 2.60. The van der Waals surface area contributed by atoms with Crippen LogP contribution in [0.15, 0.2) is 65.6 Å². The lowest BCUT2D eigenvalue weighted by Crippen LogP contribution is -2.43. The lowest BCUT2D eigenvalue weighted by Gasteiger charge is -2.30. The zero-order valence-corrected chi connectivity index (χ0v) is 18.2. The van der Waals surface area contributed by atoms with Crippen LogP contribution in [0.5, 0.6) is 0 Å². The zero-order chi connectivity index (χ0) is 23.9. The van der Waals surface area contributed by atoms with Gasteiger partial charge in [0, 0.05) is 34.5 Å². The summed E-state index contributed by atoms with van der Waals surface area (Å²) in [6.45, 7) is 0. The summed E-state index contributed by atoms with van der Waals surface area (Å²) in [6.07, 6.45) is -2.58. The first kappa shape index (κ1) is 22.1. The number of nitrogens with zero attached hydrogens (tertiary/aromatic N) is 1. The van der Waals surface area contributed by atoms with Crippen molar-refractivity contribution in [2.75, 3.05) is 5.32 Å². The number of rotatable bonds is 5. The van der Waals surface area contributed by atoms with E-state index in [0.717, 1.165) is 16.5 Å². The number of hydrogen-bond donors (Lipinski definition) is 2. The number of hydrogen-bond acceptors (Lipinski definition) is 4. The Morgan fingerprint density at radius 1 is 1.00 bits per heavy atom. The summed E-state index contributed by atoms with van der Waals surface area (Å²) in [5.74, 6) is -0.756. The van der Waals surface area contributed by atoms with E-state index in [9.17, 15) is 22.8 Å². The predicted molar refractivity (Wildman–Crippen MR) is 125 cm³/mol. The first-order valence-corrected chi connectivity index (χ1v) is 11.1. The molecule has 1 saturated carbocycles. The highest BCUT2D eigenvalue weighted by atomic mass is 19.4. The van der Waals surface area contributed by atoms with Crippen LogP contribution in [-0.2, 0) is 11.2 Å². The predicted octanol–water partition coefficient (Wildman–Crippen LogP) is 6.05. The van der Waals surface area contributed by atoms with Gasteiger partial charge < -0.3 is 10.3 Å². The van der Waals surface area contributed by atoms with Gasteiger partial charge in [-0.05, 0) is 42.7 Å². The first-order chi connectivity index (χ1) is 16.3. The molecule has 2 heterocycles. The van der Waals surface area contributed by atoms with E-state index >= 15 is 0 Å². The van der Waals surface area contributed by atoms with Crippen molar-refractivity contribution in [3.63, 3.8) is 0 Å². The summed E-state index contributed by atoms with van der Waals surface area (Å²) in [6, 6.07) is 15.8. The number of carbonyl (C=O) groups excluding carboxylic acids is 1. The van der Waals surface area contributed by atoms with Crippen LogP contribution >= 0.6 is 0 Å². The van der Waals surface area contributed by atoms with Gasteiger partial charge in [0.15, 0.2) is 5.78 Å². The maximum absolute atomic E-state index is 13.7. The van der Waals surface area contributed by atoms with E-state index in [1.807, 2.05) is 12.1 Å². The molecule has 5 nitrogen and oxygen atoms in total. The van der Waals surface area contributed by atoms with Crippen LogP contribution in [0, 0.1) is 5.41 Å². The number of aromatic amines is 1. The normalized spacial score (nSPS) is 15.6. The smallest absolute Gasteiger partial charge is 0.355 e. The fraction of sp³-hybridized carbons (Fsp3) is 0.269. The molecule has 5 rings (SSSR count). The Bertz CT molecular complexity index is 1440. The number of aromatic nitrogens is 2. The second kappa shape index (κ2) is 8.27. The van der Waals surface area contributed by atoms with E-state index in [-0.39, 0.29) is 24.8 Å². The average Bonchev–Trinajstić information content (AvgIpc) is 3.32. The fourth-order valence-corrected chi connectivity index (χ4v) is 4.92. The molecule has 2 aromatic heterocycles. The van der Waals surface area contributed by atoms with Gasteiger partial charge in [0.05, 0.1) is 5.69 Å². The number of H-pyrrole nitrogens is 1. The number of halogens is 3. The topological polar surface area (TPSA) is 74.8 Å². The molecule has 0 aliphatic heterocycles. The van der Waals surface area contributed by atoms with Crippen molar-refractivity contribution >= 4 is 39.0 Å². The SMILES string of the molecule is O=C(Cc1ccc(Nc2ccnc3[nH]c(=O)c4ccccc4c23)cc1)C1(C(F)(F)F)CCCC1. The Balaban J connectivity index is 1.42. The summed E-state index contributed by atoms with van der Waals surface area (Å²) in [4.78, 5) is 32.1. The summed E-state index contributed by atoms with van der Waals surface area (Å²) < 4.78 is 41.0. The van der Waals surface area contributed by atoms with E-state index < -0.39 is 17.4 Å². The molecule has 1 aliphatic rings. The van der Waals surface area contributed by atoms with Crippen LogP contribution in [0.25, 0.3) is 21.8 Å². The molecule has 1 aliphatic carbocycles. The first-order valence-electron chi connectivity index (χ1n) is 11.1. The van der Waals surface area contributed by atoms with E-state index in [0.29, 0.717) is 35.1 Å². The van der Waals surface area contributed by atoms with Gasteiger partial charge in [0.25, 0.3) is 5.56 Å². The molecule has 0 spiro atoms. The number of benzene rings is 2. The van der Waals surface area contributed by atoms with Gasteiger partial charge in [-0.15, -0.1) is 0 Å². The summed E-state index contributed by atoms with van der Waals surface area (Å²) in [5, 5.41) is 5.36. The van der Waals surface area contributed by atoms with Crippen molar-refractivity contribution < 1.29 is 18.0 Å². The Labute approximate surface area is 193 Å². The highest BCUT2D eigenvalue weighted by molar-refractivity contribution is 6.10. The Hall–Kier alpha value is -3.68. The van der Waals surface area contributed by atoms with Crippen LogP contribution in [0.1, 0.15) is 31.2 Å². The number of fused-ring (bicyclic) bond motifs is 3. The molecule has 0 atom stereocenters. The number of Topliss-reactive ketones (excluding diaryl/α,β-unsaturated/α-hetero) is 1. The highest BCUT2D eigenvalue weighted by Crippen LogP contribution is 2.51. The van der Waals surface area contributed by atoms with Crippen molar-refractivity contribution in [3.05, 3.63) is 76.7 Å². The van der Waals surface area contributed by atoms with Crippen molar-refractivity contribution in [1.82, 2.24) is 9.97 Å². The lowest BCUT2D eigenvalue weighted by atomic mass is 9.78. The zero-order valence-electron chi connectivity index (χ0n) is 18.2. The van der Waals surface area contributed by atoms with Crippen molar-refractivity contribution in [3.8, 4) is 0 Å². The molecule has 2 aromatic carbocycles. The minimum Gasteiger partial charge on any atom is -0.355 e. The van der Waals surface area contributed by atoms with E-state index in [1.54, 1.807) is 48.7 Å². The third-order valence-electron chi connectivity index (χ3n) is 6.76. The second-order valence-corrected chi connectivity index (χ2v) is 8.79. The van der Waals surface area contributed by atoms with E-state index in [2.05, 4.69) is 15.3 Å². The molecule has 1 fully saturated rings. The molecule has 0 amide bonds. The van der Waals surface area contributed by atoms with Crippen molar-refractivity contribution in [1.29, 1.82) is 0 Å². The number of anilines is 2. The molecule has 0 radical (unpaired) electrons. The van der Waals surface area contributed by atoms with Gasteiger partial charge in [-0.25, -0.2) is 4.98 Å². The summed E-state index contributed by atoms with van der Waals surface area (Å²) in [5.41, 5.74) is -0.0163.